The van der Waals surface area contributed by atoms with Gasteiger partial charge in [0.2, 0.25) is 5.90 Å². The molecule has 7 aromatic rings. The minimum absolute atomic E-state index is 0.576. The van der Waals surface area contributed by atoms with Crippen molar-refractivity contribution in [3.05, 3.63) is 211 Å². The third-order valence-corrected chi connectivity index (χ3v) is 10.5. The summed E-state index contributed by atoms with van der Waals surface area (Å²) in [5.41, 5.74) is 16.7. The van der Waals surface area contributed by atoms with E-state index in [0.717, 1.165) is 63.3 Å². The molecule has 3 nitrogen and oxygen atoms in total. The molecule has 9 rings (SSSR count). The Hall–Kier alpha value is -6.71. The SMILES string of the molecule is C=C1N=C(c2ccc3c(c2)CCCC3)O/C=C\c2cc(N(c3ccc(-c4ccc(-c5ccccc5)cc4)cc3)c3ccccc3-c3ccccc3)ccc21. The lowest BCUT2D eigenvalue weighted by Crippen LogP contribution is -2.12. The molecule has 0 unspecified atom stereocenters. The molecule has 1 heterocycles. The van der Waals surface area contributed by atoms with Crippen LogP contribution in [0, 0.1) is 0 Å². The first-order valence-corrected chi connectivity index (χ1v) is 18.8. The maximum Gasteiger partial charge on any atom is 0.226 e. The van der Waals surface area contributed by atoms with E-state index in [4.69, 9.17) is 9.73 Å². The van der Waals surface area contributed by atoms with E-state index < -0.39 is 0 Å². The van der Waals surface area contributed by atoms with E-state index in [9.17, 15) is 0 Å². The van der Waals surface area contributed by atoms with Crippen LogP contribution >= 0.6 is 0 Å². The Morgan fingerprint density at radius 1 is 0.481 bits per heavy atom. The van der Waals surface area contributed by atoms with Crippen LogP contribution in [0.2, 0.25) is 0 Å². The zero-order valence-corrected chi connectivity index (χ0v) is 30.2. The summed E-state index contributed by atoms with van der Waals surface area (Å²) in [5, 5.41) is 0. The van der Waals surface area contributed by atoms with Crippen LogP contribution in [-0.4, -0.2) is 5.90 Å². The second-order valence-corrected chi connectivity index (χ2v) is 14.0. The summed E-state index contributed by atoms with van der Waals surface area (Å²) in [6, 6.07) is 60.5. The number of rotatable bonds is 7. The van der Waals surface area contributed by atoms with Gasteiger partial charge in [0.15, 0.2) is 0 Å². The Balaban J connectivity index is 1.09. The lowest BCUT2D eigenvalue weighted by Gasteiger charge is -2.29. The molecule has 3 heteroatoms. The largest absolute Gasteiger partial charge is 0.446 e. The first kappa shape index (κ1) is 33.1. The molecule has 0 N–H and O–H groups in total. The average Bonchev–Trinajstić information content (AvgIpc) is 3.24. The van der Waals surface area contributed by atoms with E-state index in [1.54, 1.807) is 6.26 Å². The number of anilines is 3. The summed E-state index contributed by atoms with van der Waals surface area (Å²) in [7, 11) is 0. The van der Waals surface area contributed by atoms with Crippen molar-refractivity contribution in [2.45, 2.75) is 25.7 Å². The summed E-state index contributed by atoms with van der Waals surface area (Å²) in [5.74, 6) is 0.576. The van der Waals surface area contributed by atoms with Gasteiger partial charge in [0.25, 0.3) is 0 Å². The molecule has 0 amide bonds. The first-order valence-electron chi connectivity index (χ1n) is 18.8. The lowest BCUT2D eigenvalue weighted by molar-refractivity contribution is 0.477. The standard InChI is InChI=1S/C51H40N2O/c1-36-48-31-30-47(35-44(48)32-33-54-51(52-36)45-25-24-38-14-8-9-17-43(38)34-45)53(50-19-11-10-18-49(50)42-15-6-3-7-16-42)46-28-26-41(27-29-46)40-22-20-39(21-23-40)37-12-4-2-5-13-37/h2-7,10-13,15-16,18-35H,1,8-9,14,17H2/b33-32-,52-51?. The molecule has 0 bridgehead atoms. The Morgan fingerprint density at radius 2 is 1.06 bits per heavy atom. The summed E-state index contributed by atoms with van der Waals surface area (Å²) in [6.07, 6.45) is 8.52. The molecular weight excluding hydrogens is 657 g/mol. The lowest BCUT2D eigenvalue weighted by atomic mass is 9.90. The number of aliphatic imine (C=N–C) groups is 1. The Morgan fingerprint density at radius 3 is 1.78 bits per heavy atom. The molecule has 2 aliphatic rings. The Kier molecular flexibility index (Phi) is 9.04. The number of benzene rings is 7. The van der Waals surface area contributed by atoms with Crippen molar-refractivity contribution in [2.24, 2.45) is 4.99 Å². The van der Waals surface area contributed by atoms with Gasteiger partial charge >= 0.3 is 0 Å². The van der Waals surface area contributed by atoms with E-state index >= 15 is 0 Å². The van der Waals surface area contributed by atoms with Crippen molar-refractivity contribution in [1.82, 2.24) is 0 Å². The fourth-order valence-electron chi connectivity index (χ4n) is 7.72. The van der Waals surface area contributed by atoms with Gasteiger partial charge < -0.3 is 9.64 Å². The molecule has 1 aliphatic carbocycles. The van der Waals surface area contributed by atoms with E-state index in [-0.39, 0.29) is 0 Å². The maximum absolute atomic E-state index is 6.22. The normalized spacial score (nSPS) is 14.1. The second-order valence-electron chi connectivity index (χ2n) is 14.0. The summed E-state index contributed by atoms with van der Waals surface area (Å²) in [4.78, 5) is 7.27. The minimum Gasteiger partial charge on any atom is -0.446 e. The van der Waals surface area contributed by atoms with Gasteiger partial charge in [-0.1, -0.05) is 134 Å². The van der Waals surface area contributed by atoms with Gasteiger partial charge in [0.1, 0.15) is 0 Å². The number of fused-ring (bicyclic) bond motifs is 2. The van der Waals surface area contributed by atoms with Crippen molar-refractivity contribution in [1.29, 1.82) is 0 Å². The quantitative estimate of drug-likeness (QED) is 0.166. The van der Waals surface area contributed by atoms with Gasteiger partial charge in [-0.25, -0.2) is 4.99 Å². The van der Waals surface area contributed by atoms with Gasteiger partial charge in [-0.3, -0.25) is 0 Å². The van der Waals surface area contributed by atoms with Gasteiger partial charge in [0.05, 0.1) is 17.6 Å². The van der Waals surface area contributed by atoms with Crippen molar-refractivity contribution < 1.29 is 4.74 Å². The van der Waals surface area contributed by atoms with Crippen molar-refractivity contribution in [2.75, 3.05) is 4.90 Å². The molecule has 0 aromatic heterocycles. The molecule has 0 saturated heterocycles. The van der Waals surface area contributed by atoms with Crippen molar-refractivity contribution in [3.63, 3.8) is 0 Å². The van der Waals surface area contributed by atoms with E-state index in [1.807, 2.05) is 6.08 Å². The number of ether oxygens (including phenoxy) is 1. The molecular formula is C51H40N2O. The van der Waals surface area contributed by atoms with Crippen LogP contribution in [-0.2, 0) is 17.6 Å². The number of para-hydroxylation sites is 1. The second kappa shape index (κ2) is 14.7. The smallest absolute Gasteiger partial charge is 0.226 e. The average molecular weight is 697 g/mol. The Bertz CT molecular complexity index is 2510. The molecule has 1 aliphatic heterocycles. The highest BCUT2D eigenvalue weighted by Crippen LogP contribution is 2.42. The molecule has 260 valence electrons. The zero-order valence-electron chi connectivity index (χ0n) is 30.2. The predicted octanol–water partition coefficient (Wildman–Crippen LogP) is 13.5. The van der Waals surface area contributed by atoms with Gasteiger partial charge in [-0.2, -0.15) is 0 Å². The van der Waals surface area contributed by atoms with Crippen molar-refractivity contribution >= 4 is 34.7 Å². The molecule has 7 aromatic carbocycles. The molecule has 0 spiro atoms. The molecule has 0 atom stereocenters. The monoisotopic (exact) mass is 696 g/mol. The van der Waals surface area contributed by atoms with E-state index in [0.29, 0.717) is 11.6 Å². The minimum atomic E-state index is 0.576. The van der Waals surface area contributed by atoms with Crippen LogP contribution in [0.4, 0.5) is 17.1 Å². The van der Waals surface area contributed by atoms with Crippen LogP contribution < -0.4 is 4.90 Å². The first-order chi connectivity index (χ1) is 26.7. The highest BCUT2D eigenvalue weighted by Gasteiger charge is 2.20. The number of hydrogen-bond donors (Lipinski definition) is 0. The third kappa shape index (κ3) is 6.68. The molecule has 0 fully saturated rings. The summed E-state index contributed by atoms with van der Waals surface area (Å²) >= 11 is 0. The van der Waals surface area contributed by atoms with E-state index in [1.165, 1.54) is 40.7 Å². The van der Waals surface area contributed by atoms with Gasteiger partial charge in [-0.15, -0.1) is 0 Å². The molecule has 0 radical (unpaired) electrons. The fourth-order valence-corrected chi connectivity index (χ4v) is 7.72. The Labute approximate surface area is 317 Å². The maximum atomic E-state index is 6.22. The van der Waals surface area contributed by atoms with Gasteiger partial charge in [-0.05, 0) is 119 Å². The van der Waals surface area contributed by atoms with Crippen LogP contribution in [0.25, 0.3) is 45.2 Å². The highest BCUT2D eigenvalue weighted by molar-refractivity contribution is 5.99. The number of aryl methyl sites for hydroxylation is 2. The summed E-state index contributed by atoms with van der Waals surface area (Å²) in [6.45, 7) is 4.41. The predicted molar refractivity (Wildman–Crippen MR) is 226 cm³/mol. The van der Waals surface area contributed by atoms with Crippen LogP contribution in [0.1, 0.15) is 40.7 Å². The van der Waals surface area contributed by atoms with Crippen LogP contribution in [0.3, 0.4) is 0 Å². The summed E-state index contributed by atoms with van der Waals surface area (Å²) < 4.78 is 6.22. The number of nitrogens with zero attached hydrogens (tertiary/aromatic N) is 2. The van der Waals surface area contributed by atoms with Crippen molar-refractivity contribution in [3.8, 4) is 33.4 Å². The van der Waals surface area contributed by atoms with E-state index in [2.05, 4.69) is 181 Å². The topological polar surface area (TPSA) is 24.8 Å². The van der Waals surface area contributed by atoms with Gasteiger partial charge in [0, 0.05) is 28.1 Å². The van der Waals surface area contributed by atoms with Crippen LogP contribution in [0.5, 0.6) is 0 Å². The third-order valence-electron chi connectivity index (χ3n) is 10.5. The zero-order chi connectivity index (χ0) is 36.3. The molecule has 54 heavy (non-hydrogen) atoms. The van der Waals surface area contributed by atoms with Crippen LogP contribution in [0.15, 0.2) is 188 Å². The highest BCUT2D eigenvalue weighted by atomic mass is 16.5. The fraction of sp³-hybridized carbons (Fsp3) is 0.0784. The molecule has 0 saturated carbocycles. The number of hydrogen-bond acceptors (Lipinski definition) is 3.